The second-order valence-corrected chi connectivity index (χ2v) is 18.0. The van der Waals surface area contributed by atoms with Gasteiger partial charge >= 0.3 is 12.2 Å². The largest absolute Gasteiger partial charge is 0.465 e. The zero-order valence-corrected chi connectivity index (χ0v) is 35.3. The van der Waals surface area contributed by atoms with Crippen LogP contribution < -0.4 is 27.0 Å². The molecule has 0 saturated carbocycles. The van der Waals surface area contributed by atoms with Crippen molar-refractivity contribution in [2.24, 2.45) is 22.3 Å². The topological polar surface area (TPSA) is 229 Å². The maximum absolute atomic E-state index is 14.7. The Morgan fingerprint density at radius 2 is 1.03 bits per heavy atom. The van der Waals surface area contributed by atoms with Crippen LogP contribution in [0.5, 0.6) is 0 Å². The minimum atomic E-state index is -1.55. The van der Waals surface area contributed by atoms with Gasteiger partial charge in [-0.2, -0.15) is 0 Å². The molecule has 3 aromatic carbocycles. The third-order valence-corrected chi connectivity index (χ3v) is 11.7. The molecule has 6 amide bonds. The predicted octanol–water partition coefficient (Wildman–Crippen LogP) is 5.14. The summed E-state index contributed by atoms with van der Waals surface area (Å²) >= 11 is 0. The molecular formula is C44H55F2N7O8. The van der Waals surface area contributed by atoms with E-state index in [4.69, 9.17) is 11.5 Å². The SMILES string of the molecule is CC(C)(C)[C@H](NC(=O)O)C(=O)N1CCC[C@@]1(C(N)=O)c1ccc(CN(Cc2ccc([C@]3(C(N)=O)CCCN3C(=O)[C@@H](NC(=O)O)C(C)(C)C)cc2)c2ccc(F)c(F)c2)cc1. The molecule has 0 bridgehead atoms. The van der Waals surface area contributed by atoms with Crippen molar-refractivity contribution in [3.05, 3.63) is 101 Å². The molecule has 0 spiro atoms. The van der Waals surface area contributed by atoms with Crippen molar-refractivity contribution in [1.29, 1.82) is 0 Å². The number of carbonyl (C=O) groups excluding carboxylic acids is 4. The lowest BCUT2D eigenvalue weighted by molar-refractivity contribution is -0.147. The summed E-state index contributed by atoms with van der Waals surface area (Å²) < 4.78 is 28.8. The van der Waals surface area contributed by atoms with Crippen LogP contribution in [-0.2, 0) is 43.3 Å². The molecule has 2 fully saturated rings. The van der Waals surface area contributed by atoms with Crippen molar-refractivity contribution in [1.82, 2.24) is 20.4 Å². The first kappa shape index (κ1) is 45.8. The van der Waals surface area contributed by atoms with Gasteiger partial charge in [-0.3, -0.25) is 19.2 Å². The fourth-order valence-electron chi connectivity index (χ4n) is 8.62. The van der Waals surface area contributed by atoms with Gasteiger partial charge in [0.05, 0.1) is 0 Å². The van der Waals surface area contributed by atoms with Gasteiger partial charge in [-0.05, 0) is 70.9 Å². The number of nitrogens with zero attached hydrogens (tertiary/aromatic N) is 3. The Kier molecular flexibility index (Phi) is 13.1. The fourth-order valence-corrected chi connectivity index (χ4v) is 8.62. The third-order valence-electron chi connectivity index (χ3n) is 11.7. The quantitative estimate of drug-likeness (QED) is 0.134. The van der Waals surface area contributed by atoms with E-state index < -0.39 is 81.4 Å². The highest BCUT2D eigenvalue weighted by Crippen LogP contribution is 2.42. The lowest BCUT2D eigenvalue weighted by Crippen LogP contribution is -2.61. The van der Waals surface area contributed by atoms with Crippen molar-refractivity contribution in [3.8, 4) is 0 Å². The molecular weight excluding hydrogens is 793 g/mol. The monoisotopic (exact) mass is 847 g/mol. The second kappa shape index (κ2) is 17.4. The molecule has 0 aliphatic carbocycles. The molecule has 5 rings (SSSR count). The molecule has 2 saturated heterocycles. The highest BCUT2D eigenvalue weighted by Gasteiger charge is 2.54. The van der Waals surface area contributed by atoms with Gasteiger partial charge in [-0.1, -0.05) is 90.1 Å². The van der Waals surface area contributed by atoms with E-state index in [1.165, 1.54) is 15.9 Å². The number of anilines is 1. The number of hydrogen-bond donors (Lipinski definition) is 6. The van der Waals surface area contributed by atoms with Gasteiger partial charge in [0.1, 0.15) is 23.2 Å². The summed E-state index contributed by atoms with van der Waals surface area (Å²) in [6.07, 6.45) is -1.45. The summed E-state index contributed by atoms with van der Waals surface area (Å²) in [6.45, 7) is 11.0. The summed E-state index contributed by atoms with van der Waals surface area (Å²) in [5.41, 5.74) is 9.91. The van der Waals surface area contributed by atoms with Gasteiger partial charge < -0.3 is 47.0 Å². The van der Waals surface area contributed by atoms with E-state index in [-0.39, 0.29) is 39.0 Å². The maximum atomic E-state index is 14.7. The molecule has 2 heterocycles. The lowest BCUT2D eigenvalue weighted by Gasteiger charge is -2.41. The van der Waals surface area contributed by atoms with E-state index in [0.717, 1.165) is 12.1 Å². The standard InChI is InChI=1S/C44H55F2N7O8/c1-41(2,3)33(49-39(58)59)35(54)52-21-7-19-43(52,37(47)56)28-13-9-26(10-14-28)24-51(30-17-18-31(45)32(46)23-30)25-27-11-15-29(16-12-27)44(38(48)57)20-8-22-53(44)36(55)34(42(4,5)6)50-40(60)61/h9-18,23,33-34,49-50H,7-8,19-22,24-25H2,1-6H3,(H2,47,56)(H2,48,57)(H,58,59)(H,60,61)/t33-,34-,43+,44+/m1/s1. The number of primary amides is 2. The van der Waals surface area contributed by atoms with Gasteiger partial charge in [0.2, 0.25) is 23.6 Å². The fraction of sp³-hybridized carbons (Fsp3) is 0.455. The molecule has 0 aromatic heterocycles. The Labute approximate surface area is 353 Å². The van der Waals surface area contributed by atoms with Crippen LogP contribution in [0, 0.1) is 22.5 Å². The Bertz CT molecular complexity index is 2050. The first-order valence-corrected chi connectivity index (χ1v) is 20.0. The molecule has 15 nitrogen and oxygen atoms in total. The Morgan fingerprint density at radius 3 is 1.34 bits per heavy atom. The first-order chi connectivity index (χ1) is 28.4. The zero-order valence-electron chi connectivity index (χ0n) is 35.3. The minimum absolute atomic E-state index is 0.159. The van der Waals surface area contributed by atoms with E-state index >= 15 is 0 Å². The Balaban J connectivity index is 1.45. The zero-order chi connectivity index (χ0) is 45.2. The number of carboxylic acid groups (broad SMARTS) is 2. The highest BCUT2D eigenvalue weighted by molar-refractivity contribution is 5.96. The van der Waals surface area contributed by atoms with Crippen LogP contribution in [-0.4, -0.2) is 81.0 Å². The number of nitrogens with two attached hydrogens (primary N) is 2. The lowest BCUT2D eigenvalue weighted by atomic mass is 9.82. The number of nitrogens with one attached hydrogen (secondary N) is 2. The molecule has 328 valence electrons. The number of amides is 6. The highest BCUT2D eigenvalue weighted by atomic mass is 19.2. The number of rotatable bonds is 13. The van der Waals surface area contributed by atoms with Gasteiger partial charge in [0, 0.05) is 37.9 Å². The van der Waals surface area contributed by atoms with Crippen molar-refractivity contribution in [2.45, 2.75) is 103 Å². The van der Waals surface area contributed by atoms with Crippen LogP contribution in [0.4, 0.5) is 24.1 Å². The number of carbonyl (C=O) groups is 6. The van der Waals surface area contributed by atoms with Crippen LogP contribution in [0.3, 0.4) is 0 Å². The molecule has 2 aliphatic rings. The van der Waals surface area contributed by atoms with Crippen molar-refractivity contribution >= 4 is 41.5 Å². The molecule has 0 unspecified atom stereocenters. The molecule has 2 aliphatic heterocycles. The van der Waals surface area contributed by atoms with E-state index in [0.29, 0.717) is 40.8 Å². The van der Waals surface area contributed by atoms with Crippen LogP contribution in [0.25, 0.3) is 0 Å². The average Bonchev–Trinajstić information content (AvgIpc) is 3.83. The van der Waals surface area contributed by atoms with Crippen LogP contribution in [0.1, 0.15) is 89.5 Å². The number of halogens is 2. The van der Waals surface area contributed by atoms with Crippen molar-refractivity contribution in [3.63, 3.8) is 0 Å². The van der Waals surface area contributed by atoms with E-state index in [1.807, 2.05) is 0 Å². The molecule has 0 radical (unpaired) electrons. The van der Waals surface area contributed by atoms with E-state index in [1.54, 1.807) is 95.0 Å². The van der Waals surface area contributed by atoms with Crippen LogP contribution in [0.15, 0.2) is 66.7 Å². The molecule has 4 atom stereocenters. The number of benzene rings is 3. The van der Waals surface area contributed by atoms with Crippen LogP contribution in [0.2, 0.25) is 0 Å². The molecule has 8 N–H and O–H groups in total. The van der Waals surface area contributed by atoms with E-state index in [9.17, 15) is 47.8 Å². The summed E-state index contributed by atoms with van der Waals surface area (Å²) in [5, 5.41) is 23.6. The summed E-state index contributed by atoms with van der Waals surface area (Å²) in [7, 11) is 0. The van der Waals surface area contributed by atoms with Gasteiger partial charge in [0.15, 0.2) is 11.6 Å². The van der Waals surface area contributed by atoms with Gasteiger partial charge in [-0.15, -0.1) is 0 Å². The number of hydrogen-bond acceptors (Lipinski definition) is 7. The van der Waals surface area contributed by atoms with Crippen molar-refractivity contribution < 1.29 is 47.8 Å². The third kappa shape index (κ3) is 9.25. The van der Waals surface area contributed by atoms with Crippen molar-refractivity contribution in [2.75, 3.05) is 18.0 Å². The second-order valence-electron chi connectivity index (χ2n) is 18.0. The maximum Gasteiger partial charge on any atom is 0.405 e. The summed E-state index contributed by atoms with van der Waals surface area (Å²) in [5.74, 6) is -4.79. The Hall–Kier alpha value is -6.26. The van der Waals surface area contributed by atoms with Crippen LogP contribution >= 0.6 is 0 Å². The summed E-state index contributed by atoms with van der Waals surface area (Å²) in [6, 6.07) is 14.8. The Morgan fingerprint density at radius 1 is 0.656 bits per heavy atom. The van der Waals surface area contributed by atoms with Gasteiger partial charge in [-0.25, -0.2) is 18.4 Å². The minimum Gasteiger partial charge on any atom is -0.465 e. The molecule has 17 heteroatoms. The average molecular weight is 848 g/mol. The predicted molar refractivity (Wildman–Crippen MR) is 222 cm³/mol. The first-order valence-electron chi connectivity index (χ1n) is 20.0. The number of likely N-dealkylation sites (tertiary alicyclic amines) is 2. The van der Waals surface area contributed by atoms with Gasteiger partial charge in [0.25, 0.3) is 0 Å². The molecule has 3 aromatic rings. The molecule has 61 heavy (non-hydrogen) atoms. The summed E-state index contributed by atoms with van der Waals surface area (Å²) in [4.78, 5) is 82.4. The van der Waals surface area contributed by atoms with E-state index in [2.05, 4.69) is 10.6 Å². The smallest absolute Gasteiger partial charge is 0.405 e. The normalized spacial score (nSPS) is 20.1.